The van der Waals surface area contributed by atoms with Crippen LogP contribution in [0.5, 0.6) is 0 Å². The molecule has 2 aromatic rings. The van der Waals surface area contributed by atoms with Crippen molar-refractivity contribution in [2.75, 3.05) is 18.5 Å². The number of nitrogens with one attached hydrogen (secondary N) is 2. The number of pyridine rings is 2. The minimum Gasteiger partial charge on any atom is -0.464 e. The number of sulfonamides is 1. The normalized spacial score (nSPS) is 11.0. The van der Waals surface area contributed by atoms with Crippen molar-refractivity contribution in [1.29, 1.82) is 0 Å². The van der Waals surface area contributed by atoms with Crippen LogP contribution in [0, 0.1) is 0 Å². The van der Waals surface area contributed by atoms with Crippen LogP contribution in [0.25, 0.3) is 0 Å². The molecule has 2 rings (SSSR count). The van der Waals surface area contributed by atoms with Gasteiger partial charge in [-0.15, -0.1) is 0 Å². The van der Waals surface area contributed by atoms with Gasteiger partial charge in [0.25, 0.3) is 0 Å². The molecule has 0 amide bonds. The van der Waals surface area contributed by atoms with E-state index in [1.165, 1.54) is 25.4 Å². The molecule has 0 fully saturated rings. The quantitative estimate of drug-likeness (QED) is 0.538. The number of carbonyl (C=O) groups excluding carboxylic acids is 1. The second-order valence-corrected chi connectivity index (χ2v) is 6.56. The second kappa shape index (κ2) is 8.37. The molecule has 0 radical (unpaired) electrons. The number of carbonyl (C=O) groups is 1. The van der Waals surface area contributed by atoms with Gasteiger partial charge in [0.1, 0.15) is 17.3 Å². The van der Waals surface area contributed by atoms with Gasteiger partial charge in [-0.1, -0.05) is 6.07 Å². The van der Waals surface area contributed by atoms with E-state index in [-0.39, 0.29) is 24.0 Å². The third kappa shape index (κ3) is 5.60. The van der Waals surface area contributed by atoms with Crippen molar-refractivity contribution >= 4 is 21.8 Å². The molecule has 0 saturated carbocycles. The Balaban J connectivity index is 1.91. The predicted octanol–water partition coefficient (Wildman–Crippen LogP) is 0.930. The fourth-order valence-electron chi connectivity index (χ4n) is 1.81. The Kier molecular flexibility index (Phi) is 6.21. The summed E-state index contributed by atoms with van der Waals surface area (Å²) in [4.78, 5) is 18.9. The highest BCUT2D eigenvalue weighted by atomic mass is 32.2. The molecule has 0 bridgehead atoms. The number of rotatable bonds is 8. The molecule has 9 heteroatoms. The van der Waals surface area contributed by atoms with E-state index < -0.39 is 10.0 Å². The van der Waals surface area contributed by atoms with E-state index in [1.54, 1.807) is 24.3 Å². The number of aromatic nitrogens is 2. The summed E-state index contributed by atoms with van der Waals surface area (Å²) in [6.45, 7) is 2.04. The first-order valence-corrected chi connectivity index (χ1v) is 8.68. The summed E-state index contributed by atoms with van der Waals surface area (Å²) in [6.07, 6.45) is 2.79. The van der Waals surface area contributed by atoms with Crippen LogP contribution in [0.4, 0.5) is 5.82 Å². The minimum absolute atomic E-state index is 0.0523. The lowest BCUT2D eigenvalue weighted by molar-refractivity contribution is -0.140. The fraction of sp³-hybridized carbons (Fsp3) is 0.267. The SMILES string of the molecule is CC(=O)OCCNc1cccc(CNS(=O)(=O)c2cccnc2)n1. The maximum atomic E-state index is 12.1. The molecule has 0 atom stereocenters. The van der Waals surface area contributed by atoms with Gasteiger partial charge in [0.2, 0.25) is 10.0 Å². The molecule has 0 aromatic carbocycles. The maximum Gasteiger partial charge on any atom is 0.302 e. The molecule has 2 aromatic heterocycles. The summed E-state index contributed by atoms with van der Waals surface area (Å²) >= 11 is 0. The highest BCUT2D eigenvalue weighted by molar-refractivity contribution is 7.89. The highest BCUT2D eigenvalue weighted by Gasteiger charge is 2.13. The number of esters is 1. The zero-order valence-corrected chi connectivity index (χ0v) is 13.9. The van der Waals surface area contributed by atoms with E-state index in [4.69, 9.17) is 4.74 Å². The Morgan fingerprint density at radius 2 is 2.08 bits per heavy atom. The molecule has 0 unspecified atom stereocenters. The third-order valence-electron chi connectivity index (χ3n) is 2.91. The van der Waals surface area contributed by atoms with Gasteiger partial charge in [-0.3, -0.25) is 9.78 Å². The number of ether oxygens (including phenoxy) is 1. The smallest absolute Gasteiger partial charge is 0.302 e. The van der Waals surface area contributed by atoms with Crippen molar-refractivity contribution in [3.63, 3.8) is 0 Å². The number of hydrogen-bond acceptors (Lipinski definition) is 7. The second-order valence-electron chi connectivity index (χ2n) is 4.79. The zero-order valence-electron chi connectivity index (χ0n) is 13.1. The average Bonchev–Trinajstić information content (AvgIpc) is 2.58. The van der Waals surface area contributed by atoms with Crippen LogP contribution < -0.4 is 10.0 Å². The third-order valence-corrected chi connectivity index (χ3v) is 4.29. The minimum atomic E-state index is -3.63. The van der Waals surface area contributed by atoms with E-state index in [0.29, 0.717) is 18.1 Å². The summed E-state index contributed by atoms with van der Waals surface area (Å²) < 4.78 is 31.5. The van der Waals surface area contributed by atoms with Crippen molar-refractivity contribution < 1.29 is 17.9 Å². The van der Waals surface area contributed by atoms with Gasteiger partial charge < -0.3 is 10.1 Å². The molecule has 0 aliphatic rings. The van der Waals surface area contributed by atoms with Crippen molar-refractivity contribution in [3.05, 3.63) is 48.4 Å². The monoisotopic (exact) mass is 350 g/mol. The molecule has 0 aliphatic carbocycles. The molecule has 2 heterocycles. The standard InChI is InChI=1S/C15H18N4O4S/c1-12(20)23-9-8-17-15-6-2-4-13(19-15)10-18-24(21,22)14-5-3-7-16-11-14/h2-7,11,18H,8-10H2,1H3,(H,17,19). The van der Waals surface area contributed by atoms with Crippen molar-refractivity contribution in [1.82, 2.24) is 14.7 Å². The Morgan fingerprint density at radius 3 is 2.79 bits per heavy atom. The summed E-state index contributed by atoms with van der Waals surface area (Å²) in [5, 5.41) is 2.99. The summed E-state index contributed by atoms with van der Waals surface area (Å²) in [7, 11) is -3.63. The highest BCUT2D eigenvalue weighted by Crippen LogP contribution is 2.08. The molecule has 0 aliphatic heterocycles. The van der Waals surface area contributed by atoms with Gasteiger partial charge >= 0.3 is 5.97 Å². The number of anilines is 1. The van der Waals surface area contributed by atoms with E-state index in [2.05, 4.69) is 20.0 Å². The Hall–Kier alpha value is -2.52. The number of hydrogen-bond donors (Lipinski definition) is 2. The van der Waals surface area contributed by atoms with E-state index in [1.807, 2.05) is 0 Å². The summed E-state index contributed by atoms with van der Waals surface area (Å²) in [6, 6.07) is 8.24. The van der Waals surface area contributed by atoms with Crippen molar-refractivity contribution in [2.45, 2.75) is 18.4 Å². The lowest BCUT2D eigenvalue weighted by Crippen LogP contribution is -2.24. The molecule has 0 saturated heterocycles. The summed E-state index contributed by atoms with van der Waals surface area (Å²) in [5.41, 5.74) is 0.556. The van der Waals surface area contributed by atoms with E-state index in [9.17, 15) is 13.2 Å². The van der Waals surface area contributed by atoms with Gasteiger partial charge in [-0.2, -0.15) is 0 Å². The van der Waals surface area contributed by atoms with E-state index >= 15 is 0 Å². The Morgan fingerprint density at radius 1 is 1.25 bits per heavy atom. The van der Waals surface area contributed by atoms with Crippen LogP contribution in [0.3, 0.4) is 0 Å². The first-order valence-electron chi connectivity index (χ1n) is 7.20. The van der Waals surface area contributed by atoms with Gasteiger partial charge in [-0.25, -0.2) is 18.1 Å². The summed E-state index contributed by atoms with van der Waals surface area (Å²) in [5.74, 6) is 0.226. The molecule has 8 nitrogen and oxygen atoms in total. The molecule has 0 spiro atoms. The Labute approximate surface area is 140 Å². The number of nitrogens with zero attached hydrogens (tertiary/aromatic N) is 2. The lowest BCUT2D eigenvalue weighted by atomic mass is 10.3. The van der Waals surface area contributed by atoms with Crippen LogP contribution in [-0.2, 0) is 26.1 Å². The Bertz CT molecular complexity index is 781. The van der Waals surface area contributed by atoms with Gasteiger partial charge in [0, 0.05) is 19.3 Å². The topological polar surface area (TPSA) is 110 Å². The van der Waals surface area contributed by atoms with Crippen molar-refractivity contribution in [3.8, 4) is 0 Å². The molecule has 128 valence electrons. The van der Waals surface area contributed by atoms with Gasteiger partial charge in [0.05, 0.1) is 18.8 Å². The van der Waals surface area contributed by atoms with Crippen LogP contribution in [0.15, 0.2) is 47.6 Å². The van der Waals surface area contributed by atoms with Crippen LogP contribution in [0.1, 0.15) is 12.6 Å². The van der Waals surface area contributed by atoms with Crippen molar-refractivity contribution in [2.24, 2.45) is 0 Å². The van der Waals surface area contributed by atoms with Gasteiger partial charge in [0.15, 0.2) is 0 Å². The lowest BCUT2D eigenvalue weighted by Gasteiger charge is -2.09. The molecule has 2 N–H and O–H groups in total. The maximum absolute atomic E-state index is 12.1. The first-order chi connectivity index (χ1) is 11.5. The van der Waals surface area contributed by atoms with E-state index in [0.717, 1.165) is 0 Å². The van der Waals surface area contributed by atoms with Crippen LogP contribution in [0.2, 0.25) is 0 Å². The predicted molar refractivity (Wildman–Crippen MR) is 87.6 cm³/mol. The van der Waals surface area contributed by atoms with Crippen LogP contribution >= 0.6 is 0 Å². The van der Waals surface area contributed by atoms with Crippen LogP contribution in [-0.4, -0.2) is 37.5 Å². The zero-order chi connectivity index (χ0) is 17.4. The fourth-order valence-corrected chi connectivity index (χ4v) is 2.77. The average molecular weight is 350 g/mol. The largest absolute Gasteiger partial charge is 0.464 e. The van der Waals surface area contributed by atoms with Gasteiger partial charge in [-0.05, 0) is 24.3 Å². The molecule has 24 heavy (non-hydrogen) atoms. The molecular weight excluding hydrogens is 332 g/mol. The molecular formula is C15H18N4O4S. The first kappa shape index (κ1) is 17.8.